The second-order valence-corrected chi connectivity index (χ2v) is 11.8. The quantitative estimate of drug-likeness (QED) is 0.166. The van der Waals surface area contributed by atoms with E-state index in [-0.39, 0.29) is 5.78 Å². The maximum absolute atomic E-state index is 14.6. The zero-order chi connectivity index (χ0) is 30.6. The smallest absolute Gasteiger partial charge is 0.193 e. The van der Waals surface area contributed by atoms with E-state index in [1.165, 1.54) is 0 Å². The van der Waals surface area contributed by atoms with Crippen molar-refractivity contribution in [2.45, 2.75) is 13.1 Å². The number of ketones is 1. The Morgan fingerprint density at radius 3 is 1.48 bits per heavy atom. The Kier molecular flexibility index (Phi) is 9.28. The Balaban J connectivity index is 1.41. The number of halogens is 4. The van der Waals surface area contributed by atoms with Gasteiger partial charge in [0.2, 0.25) is 0 Å². The van der Waals surface area contributed by atoms with Crippen LogP contribution in [0.2, 0.25) is 20.1 Å². The molecule has 4 aromatic rings. The highest BCUT2D eigenvalue weighted by atomic mass is 35.5. The second-order valence-electron chi connectivity index (χ2n) is 10.3. The van der Waals surface area contributed by atoms with Gasteiger partial charge in [-0.15, -0.1) is 0 Å². The molecule has 0 atom stereocenters. The molecule has 4 aromatic carbocycles. The van der Waals surface area contributed by atoms with Gasteiger partial charge in [0, 0.05) is 59.8 Å². The van der Waals surface area contributed by atoms with E-state index in [1.54, 1.807) is 12.1 Å². The minimum atomic E-state index is -0.107. The zero-order valence-corrected chi connectivity index (χ0v) is 26.6. The molecule has 2 aliphatic heterocycles. The summed E-state index contributed by atoms with van der Waals surface area (Å²) in [5, 5.41) is 8.56. The highest BCUT2D eigenvalue weighted by Gasteiger charge is 2.25. The van der Waals surface area contributed by atoms with E-state index in [2.05, 4.69) is 30.4 Å². The molecular formula is C33H28Cl4N6O. The third-order valence-electron chi connectivity index (χ3n) is 7.61. The van der Waals surface area contributed by atoms with Crippen LogP contribution in [0.4, 0.5) is 22.7 Å². The van der Waals surface area contributed by atoms with Gasteiger partial charge in [-0.05, 0) is 36.4 Å². The lowest BCUT2D eigenvalue weighted by Crippen LogP contribution is -2.24. The Morgan fingerprint density at radius 2 is 1.07 bits per heavy atom. The van der Waals surface area contributed by atoms with E-state index in [0.29, 0.717) is 68.8 Å². The van der Waals surface area contributed by atoms with Gasteiger partial charge in [0.25, 0.3) is 0 Å². The average Bonchev–Trinajstić information content (AvgIpc) is 3.77. The number of nitrogens with one attached hydrogen (secondary N) is 2. The van der Waals surface area contributed by atoms with Crippen LogP contribution in [0.15, 0.2) is 82.8 Å². The first kappa shape index (κ1) is 30.3. The summed E-state index contributed by atoms with van der Waals surface area (Å²) >= 11 is 25.6. The fraction of sp³-hybridized carbons (Fsp3) is 0.182. The lowest BCUT2D eigenvalue weighted by Gasteiger charge is -2.24. The first-order valence-corrected chi connectivity index (χ1v) is 15.6. The molecule has 0 saturated carbocycles. The van der Waals surface area contributed by atoms with Crippen LogP contribution in [0.5, 0.6) is 0 Å². The first-order chi connectivity index (χ1) is 21.4. The Hall–Kier alpha value is -3.75. The summed E-state index contributed by atoms with van der Waals surface area (Å²) in [7, 11) is 0. The standard InChI is InChI=1S/C33H28Cl4N6O/c34-25-7-3-9-27(31(25)36)40-17-23-21(5-1-11-29(23)42-15-13-38-19-42)33(44)22-6-2-12-30(43-16-14-39-20-43)24(22)18-41-28-10-4-8-26(35)32(28)37/h1-12,19-20,40-41H,13-18H2. The summed E-state index contributed by atoms with van der Waals surface area (Å²) in [5.74, 6) is -0.107. The van der Waals surface area contributed by atoms with Gasteiger partial charge in [-0.25, -0.2) is 0 Å². The molecule has 0 aromatic heterocycles. The number of carbonyl (C=O) groups excluding carboxylic acids is 1. The second kappa shape index (κ2) is 13.5. The van der Waals surface area contributed by atoms with E-state index in [9.17, 15) is 4.79 Å². The Morgan fingerprint density at radius 1 is 0.636 bits per heavy atom. The van der Waals surface area contributed by atoms with Crippen LogP contribution < -0.4 is 20.4 Å². The van der Waals surface area contributed by atoms with E-state index in [1.807, 2.05) is 73.3 Å². The minimum Gasteiger partial charge on any atom is -0.380 e. The van der Waals surface area contributed by atoms with Crippen molar-refractivity contribution in [3.8, 4) is 0 Å². The molecule has 6 rings (SSSR count). The minimum absolute atomic E-state index is 0.107. The first-order valence-electron chi connectivity index (χ1n) is 14.1. The average molecular weight is 666 g/mol. The van der Waals surface area contributed by atoms with Crippen molar-refractivity contribution in [2.75, 3.05) is 46.6 Å². The van der Waals surface area contributed by atoms with Gasteiger partial charge < -0.3 is 20.4 Å². The third kappa shape index (κ3) is 6.24. The number of benzene rings is 4. The Bertz CT molecular complexity index is 1650. The number of carbonyl (C=O) groups is 1. The maximum atomic E-state index is 14.6. The summed E-state index contributed by atoms with van der Waals surface area (Å²) < 4.78 is 0. The van der Waals surface area contributed by atoms with Crippen molar-refractivity contribution in [2.24, 2.45) is 9.98 Å². The van der Waals surface area contributed by atoms with Crippen LogP contribution >= 0.6 is 46.4 Å². The maximum Gasteiger partial charge on any atom is 0.193 e. The van der Waals surface area contributed by atoms with Gasteiger partial charge in [-0.1, -0.05) is 82.8 Å². The molecule has 2 N–H and O–H groups in total. The predicted octanol–water partition coefficient (Wildman–Crippen LogP) is 8.45. The van der Waals surface area contributed by atoms with E-state index < -0.39 is 0 Å². The SMILES string of the molecule is O=C(c1cccc(N2C=NCC2)c1CNc1cccc(Cl)c1Cl)c1cccc(N2C=NCC2)c1CNc1cccc(Cl)c1Cl. The van der Waals surface area contributed by atoms with Crippen LogP contribution in [-0.4, -0.2) is 44.6 Å². The van der Waals surface area contributed by atoms with Crippen LogP contribution in [0.25, 0.3) is 0 Å². The number of nitrogens with zero attached hydrogens (tertiary/aromatic N) is 4. The van der Waals surface area contributed by atoms with Crippen molar-refractivity contribution in [1.29, 1.82) is 0 Å². The lowest BCUT2D eigenvalue weighted by atomic mass is 9.92. The van der Waals surface area contributed by atoms with Crippen LogP contribution in [0.3, 0.4) is 0 Å². The predicted molar refractivity (Wildman–Crippen MR) is 185 cm³/mol. The summed E-state index contributed by atoms with van der Waals surface area (Å²) in [6.45, 7) is 3.50. The van der Waals surface area contributed by atoms with Crippen LogP contribution in [0, 0.1) is 0 Å². The van der Waals surface area contributed by atoms with E-state index in [0.717, 1.165) is 35.6 Å². The summed E-state index contributed by atoms with van der Waals surface area (Å²) in [5.41, 5.74) is 5.96. The van der Waals surface area contributed by atoms with E-state index >= 15 is 0 Å². The van der Waals surface area contributed by atoms with Crippen molar-refractivity contribution < 1.29 is 4.79 Å². The summed E-state index contributed by atoms with van der Waals surface area (Å²) in [4.78, 5) is 27.6. The molecular weight excluding hydrogens is 638 g/mol. The normalized spacial score (nSPS) is 14.0. The molecule has 0 bridgehead atoms. The Labute approximate surface area is 276 Å². The van der Waals surface area contributed by atoms with Crippen molar-refractivity contribution >= 4 is 87.6 Å². The van der Waals surface area contributed by atoms with Crippen molar-refractivity contribution in [3.05, 3.63) is 115 Å². The molecule has 0 aliphatic carbocycles. The van der Waals surface area contributed by atoms with Gasteiger partial charge in [0.05, 0.1) is 57.2 Å². The molecule has 224 valence electrons. The number of rotatable bonds is 10. The van der Waals surface area contributed by atoms with Crippen LogP contribution in [0.1, 0.15) is 27.0 Å². The number of anilines is 4. The van der Waals surface area contributed by atoms with E-state index in [4.69, 9.17) is 46.4 Å². The molecule has 2 aliphatic rings. The summed E-state index contributed by atoms with van der Waals surface area (Å²) in [6, 6.07) is 22.4. The highest BCUT2D eigenvalue weighted by molar-refractivity contribution is 6.44. The third-order valence-corrected chi connectivity index (χ3v) is 9.24. The topological polar surface area (TPSA) is 72.3 Å². The van der Waals surface area contributed by atoms with Gasteiger partial charge in [-0.3, -0.25) is 14.8 Å². The molecule has 0 radical (unpaired) electrons. The van der Waals surface area contributed by atoms with Gasteiger partial charge in [0.1, 0.15) is 0 Å². The van der Waals surface area contributed by atoms with Gasteiger partial charge >= 0.3 is 0 Å². The van der Waals surface area contributed by atoms with Crippen molar-refractivity contribution in [1.82, 2.24) is 0 Å². The highest BCUT2D eigenvalue weighted by Crippen LogP contribution is 2.35. The largest absolute Gasteiger partial charge is 0.380 e. The fourth-order valence-corrected chi connectivity index (χ4v) is 6.14. The molecule has 2 heterocycles. The van der Waals surface area contributed by atoms with Gasteiger partial charge in [0.15, 0.2) is 5.78 Å². The molecule has 7 nitrogen and oxygen atoms in total. The lowest BCUT2D eigenvalue weighted by molar-refractivity contribution is 0.103. The van der Waals surface area contributed by atoms with Crippen molar-refractivity contribution in [3.63, 3.8) is 0 Å². The number of hydrogen-bond donors (Lipinski definition) is 2. The molecule has 0 amide bonds. The molecule has 0 fully saturated rings. The molecule has 0 unspecified atom stereocenters. The summed E-state index contributed by atoms with van der Waals surface area (Å²) in [6.07, 6.45) is 3.63. The molecule has 0 spiro atoms. The fourth-order valence-electron chi connectivity index (χ4n) is 5.40. The zero-order valence-electron chi connectivity index (χ0n) is 23.5. The number of aliphatic imine (C=N–C) groups is 2. The molecule has 0 saturated heterocycles. The monoisotopic (exact) mass is 664 g/mol. The molecule has 44 heavy (non-hydrogen) atoms. The van der Waals surface area contributed by atoms with Gasteiger partial charge in [-0.2, -0.15) is 0 Å². The number of hydrogen-bond acceptors (Lipinski definition) is 7. The molecule has 11 heteroatoms. The van der Waals surface area contributed by atoms with Crippen LogP contribution in [-0.2, 0) is 13.1 Å².